The Kier molecular flexibility index (Phi) is 8.38. The van der Waals surface area contributed by atoms with E-state index in [-0.39, 0.29) is 12.0 Å². The van der Waals surface area contributed by atoms with Crippen molar-refractivity contribution >= 4 is 29.1 Å². The van der Waals surface area contributed by atoms with Gasteiger partial charge >= 0.3 is 5.97 Å². The number of thiazole rings is 1. The van der Waals surface area contributed by atoms with Crippen molar-refractivity contribution in [3.05, 3.63) is 39.5 Å². The zero-order chi connectivity index (χ0) is 21.4. The fraction of sp³-hybridized carbons (Fsp3) is 0.500. The van der Waals surface area contributed by atoms with Gasteiger partial charge < -0.3 is 20.3 Å². The highest BCUT2D eigenvalue weighted by atomic mass is 32.1. The smallest absolute Gasteiger partial charge is 0.350 e. The maximum absolute atomic E-state index is 12.1. The molecule has 2 rings (SSSR count). The van der Waals surface area contributed by atoms with E-state index in [9.17, 15) is 4.79 Å². The summed E-state index contributed by atoms with van der Waals surface area (Å²) in [5.74, 6) is 1.25. The normalized spacial score (nSPS) is 12.4. The van der Waals surface area contributed by atoms with E-state index in [1.54, 1.807) is 13.1 Å². The van der Waals surface area contributed by atoms with Crippen molar-refractivity contribution in [2.45, 2.75) is 40.3 Å². The van der Waals surface area contributed by atoms with Crippen molar-refractivity contribution in [3.8, 4) is 0 Å². The first kappa shape index (κ1) is 22.6. The second-order valence-electron chi connectivity index (χ2n) is 6.63. The number of guanidine groups is 1. The Morgan fingerprint density at radius 1 is 1.38 bits per heavy atom. The van der Waals surface area contributed by atoms with Gasteiger partial charge in [0.25, 0.3) is 0 Å². The van der Waals surface area contributed by atoms with E-state index in [1.165, 1.54) is 11.3 Å². The number of hydrogen-bond donors (Lipinski definition) is 2. The molecular weight excluding hydrogens is 388 g/mol. The molecule has 0 aromatic carbocycles. The van der Waals surface area contributed by atoms with Crippen molar-refractivity contribution < 1.29 is 9.53 Å². The SMILES string of the molecule is CCNC(=NCc1cccnc1N(C)C)NC(C)c1nc(C)c(C(=O)OCC)s1. The number of aryl methyl sites for hydroxylation is 1. The molecule has 1 atom stereocenters. The molecule has 0 bridgehead atoms. The van der Waals surface area contributed by atoms with Crippen LogP contribution in [-0.4, -0.2) is 49.1 Å². The van der Waals surface area contributed by atoms with Crippen LogP contribution in [0.2, 0.25) is 0 Å². The Hall–Kier alpha value is -2.68. The van der Waals surface area contributed by atoms with Gasteiger partial charge in [0.05, 0.1) is 24.9 Å². The summed E-state index contributed by atoms with van der Waals surface area (Å²) in [5.41, 5.74) is 1.72. The van der Waals surface area contributed by atoms with Crippen molar-refractivity contribution in [3.63, 3.8) is 0 Å². The van der Waals surface area contributed by atoms with Gasteiger partial charge in [0.2, 0.25) is 0 Å². The van der Waals surface area contributed by atoms with Gasteiger partial charge in [-0.3, -0.25) is 0 Å². The van der Waals surface area contributed by atoms with Crippen LogP contribution >= 0.6 is 11.3 Å². The molecule has 0 radical (unpaired) electrons. The summed E-state index contributed by atoms with van der Waals surface area (Å²) in [4.78, 5) is 28.2. The molecule has 1 unspecified atom stereocenters. The molecule has 0 amide bonds. The summed E-state index contributed by atoms with van der Waals surface area (Å²) in [5, 5.41) is 7.43. The molecule has 158 valence electrons. The highest BCUT2D eigenvalue weighted by Gasteiger charge is 2.20. The molecule has 2 aromatic heterocycles. The van der Waals surface area contributed by atoms with Crippen LogP contribution in [0.15, 0.2) is 23.3 Å². The predicted octanol–water partition coefficient (Wildman–Crippen LogP) is 2.91. The topological polar surface area (TPSA) is 91.7 Å². The Bertz CT molecular complexity index is 849. The van der Waals surface area contributed by atoms with E-state index >= 15 is 0 Å². The van der Waals surface area contributed by atoms with Crippen LogP contribution in [0.5, 0.6) is 0 Å². The van der Waals surface area contributed by atoms with Gasteiger partial charge in [-0.15, -0.1) is 11.3 Å². The fourth-order valence-electron chi connectivity index (χ4n) is 2.70. The van der Waals surface area contributed by atoms with Crippen LogP contribution < -0.4 is 15.5 Å². The van der Waals surface area contributed by atoms with Crippen LogP contribution in [0.4, 0.5) is 5.82 Å². The lowest BCUT2D eigenvalue weighted by Crippen LogP contribution is -2.38. The lowest BCUT2D eigenvalue weighted by molar-refractivity contribution is 0.0531. The number of esters is 1. The first-order valence-electron chi connectivity index (χ1n) is 9.67. The number of aliphatic imine (C=N–C) groups is 1. The van der Waals surface area contributed by atoms with E-state index in [1.807, 2.05) is 51.9 Å². The van der Waals surface area contributed by atoms with Crippen molar-refractivity contribution in [2.75, 3.05) is 32.1 Å². The van der Waals surface area contributed by atoms with Gasteiger partial charge in [-0.2, -0.15) is 0 Å². The third kappa shape index (κ3) is 6.15. The van der Waals surface area contributed by atoms with Gasteiger partial charge in [0.1, 0.15) is 15.7 Å². The molecule has 0 saturated carbocycles. The lowest BCUT2D eigenvalue weighted by Gasteiger charge is -2.17. The zero-order valence-corrected chi connectivity index (χ0v) is 18.8. The number of nitrogens with zero attached hydrogens (tertiary/aromatic N) is 4. The number of rotatable bonds is 8. The predicted molar refractivity (Wildman–Crippen MR) is 118 cm³/mol. The molecule has 8 nitrogen and oxygen atoms in total. The largest absolute Gasteiger partial charge is 0.462 e. The first-order valence-corrected chi connectivity index (χ1v) is 10.5. The number of hydrogen-bond acceptors (Lipinski definition) is 7. The number of anilines is 1. The molecule has 0 saturated heterocycles. The van der Waals surface area contributed by atoms with E-state index in [0.29, 0.717) is 29.7 Å². The van der Waals surface area contributed by atoms with Crippen LogP contribution in [0.1, 0.15) is 52.7 Å². The average molecular weight is 419 g/mol. The number of carbonyl (C=O) groups excluding carboxylic acids is 1. The summed E-state index contributed by atoms with van der Waals surface area (Å²) < 4.78 is 5.10. The second-order valence-corrected chi connectivity index (χ2v) is 7.66. The minimum absolute atomic E-state index is 0.109. The highest BCUT2D eigenvalue weighted by molar-refractivity contribution is 7.13. The summed E-state index contributed by atoms with van der Waals surface area (Å²) in [6.45, 7) is 9.20. The summed E-state index contributed by atoms with van der Waals surface area (Å²) >= 11 is 1.35. The molecule has 2 N–H and O–H groups in total. The number of ether oxygens (including phenoxy) is 1. The minimum Gasteiger partial charge on any atom is -0.462 e. The van der Waals surface area contributed by atoms with Crippen LogP contribution in [0, 0.1) is 6.92 Å². The molecular formula is C20H30N6O2S. The maximum Gasteiger partial charge on any atom is 0.350 e. The standard InChI is InChI=1S/C20H30N6O2S/c1-7-21-20(23-12-15-10-9-11-22-17(15)26(5)6)25-14(4)18-24-13(3)16(29-18)19(27)28-8-2/h9-11,14H,7-8,12H2,1-6H3,(H2,21,23,25). The third-order valence-electron chi connectivity index (χ3n) is 4.04. The second kappa shape index (κ2) is 10.8. The van der Waals surface area contributed by atoms with Gasteiger partial charge in [0.15, 0.2) is 5.96 Å². The van der Waals surface area contributed by atoms with Gasteiger partial charge in [0, 0.05) is 32.4 Å². The quantitative estimate of drug-likeness (QED) is 0.387. The maximum atomic E-state index is 12.1. The number of pyridine rings is 1. The highest BCUT2D eigenvalue weighted by Crippen LogP contribution is 2.24. The lowest BCUT2D eigenvalue weighted by atomic mass is 10.2. The molecule has 0 aliphatic carbocycles. The van der Waals surface area contributed by atoms with Gasteiger partial charge in [-0.25, -0.2) is 19.8 Å². The fourth-order valence-corrected chi connectivity index (χ4v) is 3.66. The van der Waals surface area contributed by atoms with Crippen molar-refractivity contribution in [1.82, 2.24) is 20.6 Å². The van der Waals surface area contributed by atoms with Gasteiger partial charge in [-0.05, 0) is 33.8 Å². The third-order valence-corrected chi connectivity index (χ3v) is 5.36. The molecule has 0 fully saturated rings. The van der Waals surface area contributed by atoms with E-state index < -0.39 is 0 Å². The Labute approximate surface area is 176 Å². The zero-order valence-electron chi connectivity index (χ0n) is 17.9. The number of nitrogens with one attached hydrogen (secondary N) is 2. The molecule has 0 aliphatic heterocycles. The summed E-state index contributed by atoms with van der Waals surface area (Å²) in [6.07, 6.45) is 1.78. The van der Waals surface area contributed by atoms with E-state index in [4.69, 9.17) is 9.73 Å². The van der Waals surface area contributed by atoms with E-state index in [0.717, 1.165) is 22.9 Å². The molecule has 29 heavy (non-hydrogen) atoms. The molecule has 9 heteroatoms. The summed E-state index contributed by atoms with van der Waals surface area (Å²) in [7, 11) is 3.93. The minimum atomic E-state index is -0.325. The van der Waals surface area contributed by atoms with Crippen molar-refractivity contribution in [2.24, 2.45) is 4.99 Å². The van der Waals surface area contributed by atoms with E-state index in [2.05, 4.69) is 20.6 Å². The summed E-state index contributed by atoms with van der Waals surface area (Å²) in [6, 6.07) is 3.83. The monoisotopic (exact) mass is 418 g/mol. The van der Waals surface area contributed by atoms with Gasteiger partial charge in [-0.1, -0.05) is 6.07 Å². The van der Waals surface area contributed by atoms with Crippen molar-refractivity contribution in [1.29, 1.82) is 0 Å². The Morgan fingerprint density at radius 2 is 2.14 bits per heavy atom. The molecule has 0 spiro atoms. The van der Waals surface area contributed by atoms with Crippen LogP contribution in [0.3, 0.4) is 0 Å². The van der Waals surface area contributed by atoms with Crippen LogP contribution in [-0.2, 0) is 11.3 Å². The number of carbonyl (C=O) groups is 1. The average Bonchev–Trinajstić information content (AvgIpc) is 3.08. The first-order chi connectivity index (χ1) is 13.9. The molecule has 2 heterocycles. The van der Waals surface area contributed by atoms with Crippen LogP contribution in [0.25, 0.3) is 0 Å². The molecule has 0 aliphatic rings. The number of aromatic nitrogens is 2. The molecule has 2 aromatic rings. The Morgan fingerprint density at radius 3 is 2.79 bits per heavy atom. The Balaban J connectivity index is 2.15.